The van der Waals surface area contributed by atoms with Crippen LogP contribution in [-0.4, -0.2) is 17.0 Å². The van der Waals surface area contributed by atoms with Gasteiger partial charge in [0.25, 0.3) is 0 Å². The van der Waals surface area contributed by atoms with E-state index >= 15 is 0 Å². The van der Waals surface area contributed by atoms with Crippen molar-refractivity contribution in [3.8, 4) is 6.07 Å². The van der Waals surface area contributed by atoms with Gasteiger partial charge >= 0.3 is 0 Å². The molecule has 102 valence electrons. The summed E-state index contributed by atoms with van der Waals surface area (Å²) in [4.78, 5) is 10.5. The molecule has 0 atom stereocenters. The lowest BCUT2D eigenvalue weighted by atomic mass is 10.1. The minimum absolute atomic E-state index is 0.403. The fraction of sp³-hybridized carbons (Fsp3) is 0.312. The van der Waals surface area contributed by atoms with Gasteiger partial charge in [-0.25, -0.2) is 9.97 Å². The number of anilines is 1. The van der Waals surface area contributed by atoms with Crippen molar-refractivity contribution in [3.63, 3.8) is 0 Å². The molecule has 2 rings (SSSR count). The summed E-state index contributed by atoms with van der Waals surface area (Å²) in [6.45, 7) is 6.76. The molecule has 0 N–H and O–H groups in total. The van der Waals surface area contributed by atoms with Crippen LogP contribution in [0.15, 0.2) is 24.3 Å². The van der Waals surface area contributed by atoms with Crippen LogP contribution >= 0.6 is 0 Å². The van der Waals surface area contributed by atoms with Crippen LogP contribution < -0.4 is 4.90 Å². The van der Waals surface area contributed by atoms with Crippen LogP contribution in [0.2, 0.25) is 0 Å². The Morgan fingerprint density at radius 3 is 2.55 bits per heavy atom. The lowest BCUT2D eigenvalue weighted by Crippen LogP contribution is -2.19. The summed E-state index contributed by atoms with van der Waals surface area (Å²) < 4.78 is 0. The van der Waals surface area contributed by atoms with Gasteiger partial charge in [0, 0.05) is 19.7 Å². The highest BCUT2D eigenvalue weighted by Gasteiger charge is 2.08. The number of aryl methyl sites for hydroxylation is 3. The summed E-state index contributed by atoms with van der Waals surface area (Å²) in [7, 11) is 1.97. The Hall–Kier alpha value is -2.41. The second-order valence-electron chi connectivity index (χ2n) is 5.06. The van der Waals surface area contributed by atoms with Gasteiger partial charge in [-0.05, 0) is 31.9 Å². The van der Waals surface area contributed by atoms with Crippen molar-refractivity contribution in [3.05, 3.63) is 52.5 Å². The first-order valence-electron chi connectivity index (χ1n) is 6.52. The standard InChI is InChI=1S/C16H18N4/c1-11-5-6-14(12(2)7-11)10-20(4)16-8-15(9-17)18-13(3)19-16/h5-8H,10H2,1-4H3. The van der Waals surface area contributed by atoms with E-state index in [0.717, 1.165) is 12.4 Å². The van der Waals surface area contributed by atoms with E-state index in [9.17, 15) is 0 Å². The van der Waals surface area contributed by atoms with Crippen molar-refractivity contribution in [2.45, 2.75) is 27.3 Å². The molecule has 4 nitrogen and oxygen atoms in total. The minimum atomic E-state index is 0.403. The van der Waals surface area contributed by atoms with E-state index in [1.807, 2.05) is 11.9 Å². The Bertz CT molecular complexity index is 671. The SMILES string of the molecule is Cc1ccc(CN(C)c2cc(C#N)nc(C)n2)c(C)c1. The molecule has 1 aromatic carbocycles. The maximum absolute atomic E-state index is 8.97. The van der Waals surface area contributed by atoms with Gasteiger partial charge in [0.05, 0.1) is 0 Å². The van der Waals surface area contributed by atoms with Gasteiger partial charge in [-0.3, -0.25) is 0 Å². The quantitative estimate of drug-likeness (QED) is 0.857. The topological polar surface area (TPSA) is 52.8 Å². The van der Waals surface area contributed by atoms with Gasteiger partial charge in [0.15, 0.2) is 0 Å². The summed E-state index contributed by atoms with van der Waals surface area (Å²) in [5.41, 5.74) is 4.19. The van der Waals surface area contributed by atoms with Crippen molar-refractivity contribution in [1.29, 1.82) is 5.26 Å². The van der Waals surface area contributed by atoms with Gasteiger partial charge < -0.3 is 4.90 Å². The molecule has 0 aliphatic heterocycles. The summed E-state index contributed by atoms with van der Waals surface area (Å²) >= 11 is 0. The minimum Gasteiger partial charge on any atom is -0.355 e. The van der Waals surface area contributed by atoms with Crippen molar-refractivity contribution >= 4 is 5.82 Å². The molecule has 0 aliphatic rings. The smallest absolute Gasteiger partial charge is 0.146 e. The van der Waals surface area contributed by atoms with Crippen molar-refractivity contribution in [2.24, 2.45) is 0 Å². The highest BCUT2D eigenvalue weighted by atomic mass is 15.2. The zero-order valence-corrected chi connectivity index (χ0v) is 12.3. The van der Waals surface area contributed by atoms with Crippen molar-refractivity contribution in [1.82, 2.24) is 9.97 Å². The molecule has 0 saturated heterocycles. The Labute approximate surface area is 119 Å². The van der Waals surface area contributed by atoms with Gasteiger partial charge in [-0.15, -0.1) is 0 Å². The first-order chi connectivity index (χ1) is 9.49. The van der Waals surface area contributed by atoms with Crippen LogP contribution in [0, 0.1) is 32.1 Å². The molecule has 4 heteroatoms. The number of nitrogens with zero attached hydrogens (tertiary/aromatic N) is 4. The molecule has 20 heavy (non-hydrogen) atoms. The molecular formula is C16H18N4. The Morgan fingerprint density at radius 1 is 1.15 bits per heavy atom. The van der Waals surface area contributed by atoms with Crippen LogP contribution in [0.5, 0.6) is 0 Å². The van der Waals surface area contributed by atoms with Crippen LogP contribution in [0.1, 0.15) is 28.2 Å². The maximum atomic E-state index is 8.97. The monoisotopic (exact) mass is 266 g/mol. The van der Waals surface area contributed by atoms with E-state index < -0.39 is 0 Å². The predicted octanol–water partition coefficient (Wildman–Crippen LogP) is 2.91. The zero-order chi connectivity index (χ0) is 14.7. The van der Waals surface area contributed by atoms with E-state index in [4.69, 9.17) is 5.26 Å². The highest BCUT2D eigenvalue weighted by Crippen LogP contribution is 2.17. The molecule has 0 amide bonds. The van der Waals surface area contributed by atoms with E-state index in [0.29, 0.717) is 11.5 Å². The fourth-order valence-electron chi connectivity index (χ4n) is 2.16. The van der Waals surface area contributed by atoms with Gasteiger partial charge in [-0.1, -0.05) is 23.8 Å². The Balaban J connectivity index is 2.26. The molecule has 0 unspecified atom stereocenters. The maximum Gasteiger partial charge on any atom is 0.146 e. The van der Waals surface area contributed by atoms with Crippen molar-refractivity contribution in [2.75, 3.05) is 11.9 Å². The van der Waals surface area contributed by atoms with Gasteiger partial charge in [0.1, 0.15) is 23.4 Å². The summed E-state index contributed by atoms with van der Waals surface area (Å²) in [6, 6.07) is 10.2. The van der Waals surface area contributed by atoms with Gasteiger partial charge in [0.2, 0.25) is 0 Å². The molecule has 0 saturated carbocycles. The zero-order valence-electron chi connectivity index (χ0n) is 12.3. The van der Waals surface area contributed by atoms with E-state index in [1.165, 1.54) is 16.7 Å². The third-order valence-corrected chi connectivity index (χ3v) is 3.24. The molecule has 0 spiro atoms. The Morgan fingerprint density at radius 2 is 1.90 bits per heavy atom. The second kappa shape index (κ2) is 5.70. The lowest BCUT2D eigenvalue weighted by Gasteiger charge is -2.20. The van der Waals surface area contributed by atoms with Crippen LogP contribution in [0.3, 0.4) is 0 Å². The van der Waals surface area contributed by atoms with Gasteiger partial charge in [-0.2, -0.15) is 5.26 Å². The molecule has 0 bridgehead atoms. The number of hydrogen-bond donors (Lipinski definition) is 0. The number of rotatable bonds is 3. The molecule has 0 radical (unpaired) electrons. The fourth-order valence-corrected chi connectivity index (χ4v) is 2.16. The molecular weight excluding hydrogens is 248 g/mol. The normalized spacial score (nSPS) is 10.2. The summed E-state index contributed by atoms with van der Waals surface area (Å²) in [6.07, 6.45) is 0. The third-order valence-electron chi connectivity index (χ3n) is 3.24. The highest BCUT2D eigenvalue weighted by molar-refractivity contribution is 5.44. The first kappa shape index (κ1) is 14.0. The number of nitriles is 1. The van der Waals surface area contributed by atoms with E-state index in [1.54, 1.807) is 13.0 Å². The predicted molar refractivity (Wildman–Crippen MR) is 79.5 cm³/mol. The summed E-state index contributed by atoms with van der Waals surface area (Å²) in [5, 5.41) is 8.97. The third kappa shape index (κ3) is 3.12. The molecule has 1 aromatic heterocycles. The number of aromatic nitrogens is 2. The number of hydrogen-bond acceptors (Lipinski definition) is 4. The van der Waals surface area contributed by atoms with Crippen LogP contribution in [-0.2, 0) is 6.54 Å². The van der Waals surface area contributed by atoms with Crippen LogP contribution in [0.4, 0.5) is 5.82 Å². The largest absolute Gasteiger partial charge is 0.355 e. The molecule has 0 aliphatic carbocycles. The summed E-state index contributed by atoms with van der Waals surface area (Å²) in [5.74, 6) is 1.39. The molecule has 2 aromatic rings. The number of benzene rings is 1. The average molecular weight is 266 g/mol. The average Bonchev–Trinajstić information content (AvgIpc) is 2.41. The first-order valence-corrected chi connectivity index (χ1v) is 6.52. The molecule has 0 fully saturated rings. The second-order valence-corrected chi connectivity index (χ2v) is 5.06. The molecule has 1 heterocycles. The van der Waals surface area contributed by atoms with E-state index in [2.05, 4.69) is 48.1 Å². The van der Waals surface area contributed by atoms with E-state index in [-0.39, 0.29) is 0 Å². The Kier molecular flexibility index (Phi) is 3.99. The van der Waals surface area contributed by atoms with Crippen molar-refractivity contribution < 1.29 is 0 Å². The lowest BCUT2D eigenvalue weighted by molar-refractivity contribution is 0.870. The van der Waals surface area contributed by atoms with Crippen LogP contribution in [0.25, 0.3) is 0 Å².